The van der Waals surface area contributed by atoms with Crippen LogP contribution in [0.25, 0.3) is 0 Å². The van der Waals surface area contributed by atoms with E-state index in [-0.39, 0.29) is 12.1 Å². The van der Waals surface area contributed by atoms with E-state index in [2.05, 4.69) is 11.8 Å². The van der Waals surface area contributed by atoms with Crippen LogP contribution < -0.4 is 19.9 Å². The van der Waals surface area contributed by atoms with Crippen molar-refractivity contribution >= 4 is 0 Å². The van der Waals surface area contributed by atoms with Crippen molar-refractivity contribution in [2.45, 2.75) is 31.8 Å². The van der Waals surface area contributed by atoms with Gasteiger partial charge in [-0.15, -0.1) is 0 Å². The minimum Gasteiger partial charge on any atom is -0.496 e. The molecule has 0 spiro atoms. The molecule has 2 atom stereocenters. The molecule has 118 valence electrons. The molecule has 1 heterocycles. The van der Waals surface area contributed by atoms with E-state index < -0.39 is 0 Å². The van der Waals surface area contributed by atoms with Crippen LogP contribution in [0.4, 0.5) is 0 Å². The highest BCUT2D eigenvalue weighted by molar-refractivity contribution is 5.52. The van der Waals surface area contributed by atoms with Gasteiger partial charge in [0.25, 0.3) is 0 Å². The van der Waals surface area contributed by atoms with Gasteiger partial charge in [0.1, 0.15) is 5.75 Å². The lowest BCUT2D eigenvalue weighted by Crippen LogP contribution is -2.45. The zero-order valence-electron chi connectivity index (χ0n) is 13.4. The van der Waals surface area contributed by atoms with Crippen LogP contribution in [-0.2, 0) is 0 Å². The number of ether oxygens (including phenoxy) is 3. The quantitative estimate of drug-likeness (QED) is 0.902. The number of methoxy groups -OCH3 is 3. The summed E-state index contributed by atoms with van der Waals surface area (Å²) >= 11 is 0. The largest absolute Gasteiger partial charge is 0.496 e. The first-order valence-corrected chi connectivity index (χ1v) is 7.45. The van der Waals surface area contributed by atoms with Gasteiger partial charge in [0.05, 0.1) is 27.4 Å². The summed E-state index contributed by atoms with van der Waals surface area (Å²) in [5.41, 5.74) is 7.47. The molecule has 2 N–H and O–H groups in total. The van der Waals surface area contributed by atoms with Crippen LogP contribution in [0.3, 0.4) is 0 Å². The Morgan fingerprint density at radius 1 is 1.10 bits per heavy atom. The number of rotatable bonds is 5. The first-order chi connectivity index (χ1) is 10.2. The molecule has 1 aromatic rings. The van der Waals surface area contributed by atoms with Crippen LogP contribution in [0.1, 0.15) is 31.4 Å². The van der Waals surface area contributed by atoms with Gasteiger partial charge in [-0.2, -0.15) is 0 Å². The number of nitrogens with zero attached hydrogens (tertiary/aromatic N) is 1. The van der Waals surface area contributed by atoms with E-state index in [4.69, 9.17) is 19.9 Å². The number of nitrogens with two attached hydrogens (primary N) is 1. The van der Waals surface area contributed by atoms with E-state index in [1.165, 1.54) is 0 Å². The molecule has 1 aliphatic heterocycles. The highest BCUT2D eigenvalue weighted by Crippen LogP contribution is 2.41. The van der Waals surface area contributed by atoms with E-state index >= 15 is 0 Å². The van der Waals surface area contributed by atoms with Crippen LogP contribution >= 0.6 is 0 Å². The van der Waals surface area contributed by atoms with E-state index in [1.54, 1.807) is 21.3 Å². The van der Waals surface area contributed by atoms with Gasteiger partial charge in [-0.05, 0) is 32.0 Å². The first kappa shape index (κ1) is 15.9. The molecule has 0 bridgehead atoms. The predicted molar refractivity (Wildman–Crippen MR) is 83.3 cm³/mol. The summed E-state index contributed by atoms with van der Waals surface area (Å²) in [6, 6.07) is 4.13. The summed E-state index contributed by atoms with van der Waals surface area (Å²) in [5, 5.41) is 0. The topological polar surface area (TPSA) is 57.0 Å². The number of hydrogen-bond acceptors (Lipinski definition) is 5. The Hall–Kier alpha value is -1.46. The highest BCUT2D eigenvalue weighted by Gasteiger charge is 2.32. The van der Waals surface area contributed by atoms with E-state index in [1.807, 2.05) is 12.1 Å². The Morgan fingerprint density at radius 2 is 1.71 bits per heavy atom. The van der Waals surface area contributed by atoms with Crippen molar-refractivity contribution in [1.29, 1.82) is 0 Å². The Labute approximate surface area is 127 Å². The molecule has 0 aromatic heterocycles. The minimum absolute atomic E-state index is 0.103. The van der Waals surface area contributed by atoms with Gasteiger partial charge in [0, 0.05) is 17.7 Å². The molecule has 2 rings (SSSR count). The summed E-state index contributed by atoms with van der Waals surface area (Å²) in [7, 11) is 4.95. The van der Waals surface area contributed by atoms with Crippen LogP contribution in [0.15, 0.2) is 12.1 Å². The first-order valence-electron chi connectivity index (χ1n) is 7.45. The predicted octanol–water partition coefficient (Wildman–Crippen LogP) is 2.20. The maximum atomic E-state index is 6.39. The van der Waals surface area contributed by atoms with Crippen LogP contribution in [0, 0.1) is 0 Å². The van der Waals surface area contributed by atoms with E-state index in [0.29, 0.717) is 11.5 Å². The number of likely N-dealkylation sites (N-methyl/N-ethyl adjacent to an activating group) is 1. The number of benzene rings is 1. The summed E-state index contributed by atoms with van der Waals surface area (Å²) in [6.45, 7) is 4.19. The zero-order valence-corrected chi connectivity index (χ0v) is 13.4. The summed E-state index contributed by atoms with van der Waals surface area (Å²) in [5.74, 6) is 2.18. The Morgan fingerprint density at radius 3 is 2.29 bits per heavy atom. The second-order valence-corrected chi connectivity index (χ2v) is 5.33. The van der Waals surface area contributed by atoms with E-state index in [9.17, 15) is 0 Å². The lowest BCUT2D eigenvalue weighted by Gasteiger charge is -2.40. The zero-order chi connectivity index (χ0) is 15.4. The molecular formula is C16H26N2O3. The summed E-state index contributed by atoms with van der Waals surface area (Å²) in [4.78, 5) is 2.40. The molecule has 0 radical (unpaired) electrons. The molecule has 1 saturated heterocycles. The molecule has 1 aliphatic rings. The third-order valence-electron chi connectivity index (χ3n) is 4.24. The van der Waals surface area contributed by atoms with Crippen molar-refractivity contribution in [3.8, 4) is 17.2 Å². The fourth-order valence-corrected chi connectivity index (χ4v) is 3.16. The van der Waals surface area contributed by atoms with Gasteiger partial charge >= 0.3 is 0 Å². The van der Waals surface area contributed by atoms with Gasteiger partial charge in [0.2, 0.25) is 0 Å². The smallest absolute Gasteiger partial charge is 0.164 e. The number of hydrogen-bond donors (Lipinski definition) is 1. The summed E-state index contributed by atoms with van der Waals surface area (Å²) in [6.07, 6.45) is 2.17. The highest BCUT2D eigenvalue weighted by atomic mass is 16.5. The second kappa shape index (κ2) is 7.00. The van der Waals surface area contributed by atoms with Gasteiger partial charge in [0.15, 0.2) is 11.5 Å². The number of likely N-dealkylation sites (tertiary alicyclic amines) is 1. The Bertz CT molecular complexity index is 479. The molecule has 5 nitrogen and oxygen atoms in total. The van der Waals surface area contributed by atoms with Crippen LogP contribution in [0.5, 0.6) is 17.2 Å². The Balaban J connectivity index is 2.49. The standard InChI is InChI=1S/C16H26N2O3/c1-5-18-8-6-7-12(17)16(18)11-9-14(20-3)15(21-4)10-13(11)19-2/h9-10,12,16H,5-8,17H2,1-4H3. The lowest BCUT2D eigenvalue weighted by molar-refractivity contribution is 0.133. The molecule has 1 aromatic carbocycles. The Kier molecular flexibility index (Phi) is 5.31. The maximum Gasteiger partial charge on any atom is 0.164 e. The fraction of sp³-hybridized carbons (Fsp3) is 0.625. The summed E-state index contributed by atoms with van der Waals surface area (Å²) < 4.78 is 16.3. The van der Waals surface area contributed by atoms with Gasteiger partial charge in [-0.1, -0.05) is 6.92 Å². The van der Waals surface area contributed by atoms with Gasteiger partial charge in [-0.3, -0.25) is 4.90 Å². The molecule has 5 heteroatoms. The average molecular weight is 294 g/mol. The van der Waals surface area contributed by atoms with Crippen molar-refractivity contribution < 1.29 is 14.2 Å². The van der Waals surface area contributed by atoms with Crippen molar-refractivity contribution in [3.05, 3.63) is 17.7 Å². The fourth-order valence-electron chi connectivity index (χ4n) is 3.16. The third-order valence-corrected chi connectivity index (χ3v) is 4.24. The van der Waals surface area contributed by atoms with Gasteiger partial charge in [-0.25, -0.2) is 0 Å². The van der Waals surface area contributed by atoms with Crippen molar-refractivity contribution in [3.63, 3.8) is 0 Å². The maximum absolute atomic E-state index is 6.39. The molecule has 0 aliphatic carbocycles. The van der Waals surface area contributed by atoms with Crippen molar-refractivity contribution in [2.75, 3.05) is 34.4 Å². The second-order valence-electron chi connectivity index (χ2n) is 5.33. The normalized spacial score (nSPS) is 22.9. The van der Waals surface area contributed by atoms with Crippen LogP contribution in [0.2, 0.25) is 0 Å². The molecule has 2 unspecified atom stereocenters. The molecular weight excluding hydrogens is 268 g/mol. The van der Waals surface area contributed by atoms with Crippen LogP contribution in [-0.4, -0.2) is 45.4 Å². The number of piperidine rings is 1. The lowest BCUT2D eigenvalue weighted by atomic mass is 9.90. The van der Waals surface area contributed by atoms with Crippen molar-refractivity contribution in [2.24, 2.45) is 5.73 Å². The molecule has 0 saturated carbocycles. The molecule has 21 heavy (non-hydrogen) atoms. The third kappa shape index (κ3) is 3.09. The SMILES string of the molecule is CCN1CCCC(N)C1c1cc(OC)c(OC)cc1OC. The van der Waals surface area contributed by atoms with Crippen molar-refractivity contribution in [1.82, 2.24) is 4.90 Å². The van der Waals surface area contributed by atoms with E-state index in [0.717, 1.165) is 37.2 Å². The average Bonchev–Trinajstić information content (AvgIpc) is 2.53. The van der Waals surface area contributed by atoms with Gasteiger partial charge < -0.3 is 19.9 Å². The minimum atomic E-state index is 0.103. The monoisotopic (exact) mass is 294 g/mol. The molecule has 0 amide bonds. The molecule has 1 fully saturated rings.